The van der Waals surface area contributed by atoms with Crippen molar-refractivity contribution in [2.45, 2.75) is 27.2 Å². The molecule has 0 spiro atoms. The van der Waals surface area contributed by atoms with Crippen LogP contribution in [0.2, 0.25) is 0 Å². The van der Waals surface area contributed by atoms with E-state index in [-0.39, 0.29) is 5.82 Å². The summed E-state index contributed by atoms with van der Waals surface area (Å²) in [7, 11) is 1.87. The molecule has 1 rings (SSSR count). The highest BCUT2D eigenvalue weighted by Gasteiger charge is 2.09. The minimum atomic E-state index is -0.243. The molecule has 0 aromatic heterocycles. The number of benzene rings is 1. The van der Waals surface area contributed by atoms with Crippen LogP contribution in [0.25, 0.3) is 0 Å². The summed E-state index contributed by atoms with van der Waals surface area (Å²) < 4.78 is 13.2. The van der Waals surface area contributed by atoms with Gasteiger partial charge in [0, 0.05) is 25.5 Å². The van der Waals surface area contributed by atoms with Gasteiger partial charge in [-0.1, -0.05) is 13.0 Å². The molecule has 0 heterocycles. The van der Waals surface area contributed by atoms with E-state index >= 15 is 0 Å². The number of nitrogens with one attached hydrogen (secondary N) is 1. The van der Waals surface area contributed by atoms with E-state index in [4.69, 9.17) is 5.73 Å². The number of anilines is 1. The van der Waals surface area contributed by atoms with Gasteiger partial charge in [-0.05, 0) is 74.0 Å². The first kappa shape index (κ1) is 19.6. The van der Waals surface area contributed by atoms with Crippen molar-refractivity contribution in [3.05, 3.63) is 77.6 Å². The van der Waals surface area contributed by atoms with Crippen LogP contribution >= 0.6 is 0 Å². The van der Waals surface area contributed by atoms with E-state index in [0.717, 1.165) is 29.9 Å². The maximum absolute atomic E-state index is 13.2. The lowest BCUT2D eigenvalue weighted by Gasteiger charge is -2.24. The summed E-state index contributed by atoms with van der Waals surface area (Å²) in [5.74, 6) is -0.243. The van der Waals surface area contributed by atoms with Crippen LogP contribution in [0.15, 0.2) is 71.7 Å². The summed E-state index contributed by atoms with van der Waals surface area (Å²) in [6.07, 6.45) is 10.5. The Morgan fingerprint density at radius 3 is 2.42 bits per heavy atom. The van der Waals surface area contributed by atoms with E-state index in [9.17, 15) is 4.39 Å². The number of likely N-dealkylation sites (N-methyl/N-ethyl adjacent to an activating group) is 1. The van der Waals surface area contributed by atoms with Gasteiger partial charge in [-0.15, -0.1) is 0 Å². The first-order valence-corrected chi connectivity index (χ1v) is 8.23. The molecule has 24 heavy (non-hydrogen) atoms. The topological polar surface area (TPSA) is 41.3 Å². The zero-order valence-electron chi connectivity index (χ0n) is 15.0. The van der Waals surface area contributed by atoms with E-state index in [1.165, 1.54) is 17.7 Å². The van der Waals surface area contributed by atoms with Crippen molar-refractivity contribution in [3.63, 3.8) is 0 Å². The quantitative estimate of drug-likeness (QED) is 0.692. The maximum Gasteiger partial charge on any atom is 0.123 e. The van der Waals surface area contributed by atoms with Crippen LogP contribution < -0.4 is 16.0 Å². The Hall–Kier alpha value is -2.49. The average Bonchev–Trinajstić information content (AvgIpc) is 2.59. The standard InChI is InChI=1S/C20H28FN3/c1-5-17(8-7-13-23-4)16(3)14-20(15-22)24(6-2)19-11-9-18(21)10-12-19/h7-15,23H,5-6,22H2,1-4H3/b13-7+,16-14-,17-8-,20-15-. The van der Waals surface area contributed by atoms with Gasteiger partial charge >= 0.3 is 0 Å². The largest absolute Gasteiger partial charge is 0.403 e. The molecule has 0 aliphatic rings. The number of hydrogen-bond acceptors (Lipinski definition) is 3. The molecule has 0 saturated heterocycles. The molecule has 0 bridgehead atoms. The Morgan fingerprint density at radius 2 is 1.92 bits per heavy atom. The summed E-state index contributed by atoms with van der Waals surface area (Å²) in [5.41, 5.74) is 10.0. The molecule has 0 fully saturated rings. The number of hydrogen-bond donors (Lipinski definition) is 2. The Kier molecular flexibility index (Phi) is 8.41. The van der Waals surface area contributed by atoms with E-state index in [1.54, 1.807) is 18.3 Å². The SMILES string of the molecule is CCC(=C/C=C/NC)/C(C)=C\C(=C\N)N(CC)c1ccc(F)cc1. The fourth-order valence-electron chi connectivity index (χ4n) is 2.45. The summed E-state index contributed by atoms with van der Waals surface area (Å²) >= 11 is 0. The lowest BCUT2D eigenvalue weighted by Crippen LogP contribution is -2.22. The van der Waals surface area contributed by atoms with Gasteiger partial charge in [-0.25, -0.2) is 4.39 Å². The molecular weight excluding hydrogens is 301 g/mol. The third-order valence-electron chi connectivity index (χ3n) is 3.75. The zero-order chi connectivity index (χ0) is 17.9. The summed E-state index contributed by atoms with van der Waals surface area (Å²) in [4.78, 5) is 2.06. The van der Waals surface area contributed by atoms with Crippen LogP contribution in [0.4, 0.5) is 10.1 Å². The van der Waals surface area contributed by atoms with Gasteiger partial charge in [0.2, 0.25) is 0 Å². The Bertz CT molecular complexity index is 625. The van der Waals surface area contributed by atoms with Gasteiger partial charge in [0.25, 0.3) is 0 Å². The molecule has 0 atom stereocenters. The van der Waals surface area contributed by atoms with Gasteiger partial charge < -0.3 is 16.0 Å². The fourth-order valence-corrected chi connectivity index (χ4v) is 2.45. The Labute approximate surface area is 145 Å². The van der Waals surface area contributed by atoms with Crippen molar-refractivity contribution in [2.24, 2.45) is 5.73 Å². The average molecular weight is 329 g/mol. The van der Waals surface area contributed by atoms with Gasteiger partial charge in [-0.2, -0.15) is 0 Å². The number of nitrogens with zero attached hydrogens (tertiary/aromatic N) is 1. The van der Waals surface area contributed by atoms with Gasteiger partial charge in [0.05, 0.1) is 5.70 Å². The van der Waals surface area contributed by atoms with Crippen LogP contribution in [-0.4, -0.2) is 13.6 Å². The number of nitrogens with two attached hydrogens (primary N) is 1. The second-order valence-electron chi connectivity index (χ2n) is 5.33. The van der Waals surface area contributed by atoms with Gasteiger partial charge in [0.1, 0.15) is 5.82 Å². The van der Waals surface area contributed by atoms with Crippen LogP contribution in [0.3, 0.4) is 0 Å². The molecule has 0 aliphatic carbocycles. The minimum absolute atomic E-state index is 0.243. The fraction of sp³-hybridized carbons (Fsp3) is 0.300. The van der Waals surface area contributed by atoms with E-state index in [0.29, 0.717) is 0 Å². The van der Waals surface area contributed by atoms with Gasteiger partial charge in [-0.3, -0.25) is 0 Å². The van der Waals surface area contributed by atoms with Crippen LogP contribution in [0.1, 0.15) is 27.2 Å². The lowest BCUT2D eigenvalue weighted by molar-refractivity contribution is 0.627. The number of rotatable bonds is 8. The third kappa shape index (κ3) is 5.61. The Morgan fingerprint density at radius 1 is 1.25 bits per heavy atom. The van der Waals surface area contributed by atoms with Crippen LogP contribution in [-0.2, 0) is 0 Å². The van der Waals surface area contributed by atoms with Crippen LogP contribution in [0, 0.1) is 5.82 Å². The normalized spacial score (nSPS) is 13.5. The molecule has 3 N–H and O–H groups in total. The van der Waals surface area contributed by atoms with E-state index in [1.807, 2.05) is 26.2 Å². The summed E-state index contributed by atoms with van der Waals surface area (Å²) in [5, 5.41) is 2.98. The molecule has 0 saturated carbocycles. The second-order valence-corrected chi connectivity index (χ2v) is 5.33. The lowest BCUT2D eigenvalue weighted by atomic mass is 10.0. The maximum atomic E-state index is 13.2. The van der Waals surface area contributed by atoms with Crippen molar-refractivity contribution in [2.75, 3.05) is 18.5 Å². The highest BCUT2D eigenvalue weighted by Crippen LogP contribution is 2.23. The minimum Gasteiger partial charge on any atom is -0.403 e. The molecule has 1 aromatic rings. The second kappa shape index (κ2) is 10.3. The molecule has 130 valence electrons. The summed E-state index contributed by atoms with van der Waals surface area (Å²) in [6.45, 7) is 6.98. The highest BCUT2D eigenvalue weighted by molar-refractivity contribution is 5.55. The number of allylic oxidation sites excluding steroid dienone is 5. The van der Waals surface area contributed by atoms with E-state index in [2.05, 4.69) is 36.2 Å². The predicted molar refractivity (Wildman–Crippen MR) is 102 cm³/mol. The highest BCUT2D eigenvalue weighted by atomic mass is 19.1. The van der Waals surface area contributed by atoms with Crippen molar-refractivity contribution < 1.29 is 4.39 Å². The zero-order valence-corrected chi connectivity index (χ0v) is 15.0. The molecule has 0 aliphatic heterocycles. The number of halogens is 1. The third-order valence-corrected chi connectivity index (χ3v) is 3.75. The van der Waals surface area contributed by atoms with Gasteiger partial charge in [0.15, 0.2) is 0 Å². The van der Waals surface area contributed by atoms with Crippen molar-refractivity contribution in [3.8, 4) is 0 Å². The van der Waals surface area contributed by atoms with Crippen molar-refractivity contribution in [1.29, 1.82) is 0 Å². The van der Waals surface area contributed by atoms with E-state index < -0.39 is 0 Å². The molecule has 0 unspecified atom stereocenters. The predicted octanol–water partition coefficient (Wildman–Crippen LogP) is 4.47. The Balaban J connectivity index is 3.11. The first-order chi connectivity index (χ1) is 11.6. The van der Waals surface area contributed by atoms with Crippen molar-refractivity contribution in [1.82, 2.24) is 5.32 Å². The molecule has 3 nitrogen and oxygen atoms in total. The summed E-state index contributed by atoms with van der Waals surface area (Å²) in [6, 6.07) is 6.45. The van der Waals surface area contributed by atoms with Crippen molar-refractivity contribution >= 4 is 5.69 Å². The van der Waals surface area contributed by atoms with Crippen LogP contribution in [0.5, 0.6) is 0 Å². The molecule has 0 amide bonds. The molecule has 4 heteroatoms. The molecular formula is C20H28FN3. The smallest absolute Gasteiger partial charge is 0.123 e. The monoisotopic (exact) mass is 329 g/mol. The molecule has 0 radical (unpaired) electrons. The first-order valence-electron chi connectivity index (χ1n) is 8.23. The molecule has 1 aromatic carbocycles.